The second-order valence-corrected chi connectivity index (χ2v) is 9.05. The number of aromatic nitrogens is 4. The highest BCUT2D eigenvalue weighted by molar-refractivity contribution is 7.92. The van der Waals surface area contributed by atoms with Gasteiger partial charge >= 0.3 is 0 Å². The number of anilines is 4. The molecule has 0 spiro atoms. The Morgan fingerprint density at radius 1 is 1.06 bits per heavy atom. The van der Waals surface area contributed by atoms with E-state index in [1.54, 1.807) is 28.8 Å². The molecule has 0 saturated carbocycles. The van der Waals surface area contributed by atoms with Crippen molar-refractivity contribution in [3.05, 3.63) is 48.5 Å². The standard InChI is InChI=1S/C21H29N7O2S/c1-6-27(7-2)19-12-16(5)23-21(25-19)24-17-8-10-18(11-9-17)26-31(29,30)20-13-28(14-22-20)15(3)4/h8-15,26H,6-7H2,1-5H3,(H,23,24,25). The van der Waals surface area contributed by atoms with Crippen LogP contribution in [0.3, 0.4) is 0 Å². The highest BCUT2D eigenvalue weighted by Gasteiger charge is 2.18. The van der Waals surface area contributed by atoms with Crippen molar-refractivity contribution in [3.8, 4) is 0 Å². The summed E-state index contributed by atoms with van der Waals surface area (Å²) in [5, 5.41) is 3.17. The molecule has 10 heteroatoms. The molecule has 0 aliphatic heterocycles. The summed E-state index contributed by atoms with van der Waals surface area (Å²) in [6.07, 6.45) is 3.03. The highest BCUT2D eigenvalue weighted by atomic mass is 32.2. The van der Waals surface area contributed by atoms with Crippen LogP contribution in [-0.2, 0) is 10.0 Å². The second kappa shape index (κ2) is 9.34. The van der Waals surface area contributed by atoms with E-state index >= 15 is 0 Å². The zero-order chi connectivity index (χ0) is 22.6. The van der Waals surface area contributed by atoms with E-state index in [-0.39, 0.29) is 11.1 Å². The average Bonchev–Trinajstić information content (AvgIpc) is 3.22. The third-order valence-electron chi connectivity index (χ3n) is 4.77. The maximum atomic E-state index is 12.6. The van der Waals surface area contributed by atoms with E-state index in [2.05, 4.69) is 43.7 Å². The molecule has 31 heavy (non-hydrogen) atoms. The fourth-order valence-electron chi connectivity index (χ4n) is 3.01. The summed E-state index contributed by atoms with van der Waals surface area (Å²) in [6, 6.07) is 8.99. The molecule has 0 amide bonds. The Kier molecular flexibility index (Phi) is 6.79. The summed E-state index contributed by atoms with van der Waals surface area (Å²) >= 11 is 0. The molecule has 3 rings (SSSR count). The van der Waals surface area contributed by atoms with Crippen molar-refractivity contribution < 1.29 is 8.42 Å². The number of nitrogens with zero attached hydrogens (tertiary/aromatic N) is 5. The van der Waals surface area contributed by atoms with Crippen molar-refractivity contribution in [3.63, 3.8) is 0 Å². The Balaban J connectivity index is 1.73. The van der Waals surface area contributed by atoms with Crippen molar-refractivity contribution >= 4 is 33.2 Å². The predicted octanol–water partition coefficient (Wildman–Crippen LogP) is 3.95. The molecule has 2 aromatic heterocycles. The van der Waals surface area contributed by atoms with Gasteiger partial charge in [-0.25, -0.2) is 9.97 Å². The lowest BCUT2D eigenvalue weighted by atomic mass is 10.3. The third-order valence-corrected chi connectivity index (χ3v) is 6.04. The van der Waals surface area contributed by atoms with Crippen LogP contribution in [0.4, 0.5) is 23.1 Å². The van der Waals surface area contributed by atoms with E-state index in [0.29, 0.717) is 11.6 Å². The van der Waals surface area contributed by atoms with Gasteiger partial charge in [0.1, 0.15) is 5.82 Å². The van der Waals surface area contributed by atoms with Gasteiger partial charge in [-0.15, -0.1) is 0 Å². The summed E-state index contributed by atoms with van der Waals surface area (Å²) in [4.78, 5) is 15.2. The van der Waals surface area contributed by atoms with Crippen molar-refractivity contribution in [2.24, 2.45) is 0 Å². The first kappa shape index (κ1) is 22.5. The molecule has 0 atom stereocenters. The third kappa shape index (κ3) is 5.52. The lowest BCUT2D eigenvalue weighted by Crippen LogP contribution is -2.23. The van der Waals surface area contributed by atoms with Gasteiger partial charge in [0.05, 0.1) is 6.33 Å². The van der Waals surface area contributed by atoms with Gasteiger partial charge in [0.25, 0.3) is 10.0 Å². The zero-order valence-corrected chi connectivity index (χ0v) is 19.3. The molecule has 166 valence electrons. The van der Waals surface area contributed by atoms with Crippen molar-refractivity contribution in [1.82, 2.24) is 19.5 Å². The topological polar surface area (TPSA) is 105 Å². The zero-order valence-electron chi connectivity index (χ0n) is 18.5. The minimum absolute atomic E-state index is 0.0134. The Hall–Kier alpha value is -3.14. The van der Waals surface area contributed by atoms with E-state index in [1.807, 2.05) is 26.8 Å². The fraction of sp³-hybridized carbons (Fsp3) is 0.381. The molecule has 0 fully saturated rings. The van der Waals surface area contributed by atoms with Crippen LogP contribution in [0.2, 0.25) is 0 Å². The summed E-state index contributed by atoms with van der Waals surface area (Å²) in [7, 11) is -3.76. The lowest BCUT2D eigenvalue weighted by molar-refractivity contribution is 0.591. The number of aryl methyl sites for hydroxylation is 1. The van der Waals surface area contributed by atoms with Crippen LogP contribution in [0.5, 0.6) is 0 Å². The van der Waals surface area contributed by atoms with E-state index in [9.17, 15) is 8.42 Å². The predicted molar refractivity (Wildman–Crippen MR) is 123 cm³/mol. The van der Waals surface area contributed by atoms with Crippen LogP contribution < -0.4 is 14.9 Å². The minimum atomic E-state index is -3.76. The molecule has 0 saturated heterocycles. The Morgan fingerprint density at radius 3 is 2.29 bits per heavy atom. The molecule has 3 aromatic rings. The molecule has 0 aliphatic carbocycles. The SMILES string of the molecule is CCN(CC)c1cc(C)nc(Nc2ccc(NS(=O)(=O)c3cn(C(C)C)cn3)cc2)n1. The summed E-state index contributed by atoms with van der Waals surface area (Å²) in [5.41, 5.74) is 2.06. The largest absolute Gasteiger partial charge is 0.357 e. The van der Waals surface area contributed by atoms with Crippen molar-refractivity contribution in [1.29, 1.82) is 0 Å². The van der Waals surface area contributed by atoms with Crippen LogP contribution in [0.25, 0.3) is 0 Å². The first-order valence-electron chi connectivity index (χ1n) is 10.3. The molecular formula is C21H29N7O2S. The van der Waals surface area contributed by atoms with E-state index in [1.165, 1.54) is 12.5 Å². The van der Waals surface area contributed by atoms with Gasteiger partial charge < -0.3 is 14.8 Å². The summed E-state index contributed by atoms with van der Waals surface area (Å²) in [5.74, 6) is 1.36. The first-order valence-corrected chi connectivity index (χ1v) is 11.7. The monoisotopic (exact) mass is 443 g/mol. The van der Waals surface area contributed by atoms with Gasteiger partial charge in [0.2, 0.25) is 5.95 Å². The Bertz CT molecular complexity index is 1120. The number of imidazole rings is 1. The highest BCUT2D eigenvalue weighted by Crippen LogP contribution is 2.21. The molecule has 2 heterocycles. The van der Waals surface area contributed by atoms with Gasteiger partial charge in [-0.3, -0.25) is 4.72 Å². The number of nitrogens with one attached hydrogen (secondary N) is 2. The first-order chi connectivity index (χ1) is 14.7. The van der Waals surface area contributed by atoms with Crippen LogP contribution >= 0.6 is 0 Å². The molecule has 9 nitrogen and oxygen atoms in total. The fourth-order valence-corrected chi connectivity index (χ4v) is 4.01. The molecule has 0 aliphatic rings. The maximum Gasteiger partial charge on any atom is 0.280 e. The van der Waals surface area contributed by atoms with Crippen LogP contribution in [-0.4, -0.2) is 41.0 Å². The smallest absolute Gasteiger partial charge is 0.280 e. The van der Waals surface area contributed by atoms with Crippen LogP contribution in [0.1, 0.15) is 39.4 Å². The second-order valence-electron chi connectivity index (χ2n) is 7.42. The van der Waals surface area contributed by atoms with E-state index in [0.717, 1.165) is 30.3 Å². The molecular weight excluding hydrogens is 414 g/mol. The molecule has 0 bridgehead atoms. The molecule has 0 unspecified atom stereocenters. The van der Waals surface area contributed by atoms with Gasteiger partial charge in [-0.2, -0.15) is 13.4 Å². The number of hydrogen-bond acceptors (Lipinski definition) is 7. The number of sulfonamides is 1. The number of benzene rings is 1. The average molecular weight is 444 g/mol. The summed E-state index contributed by atoms with van der Waals surface area (Å²) in [6.45, 7) is 11.7. The van der Waals surface area contributed by atoms with Crippen LogP contribution in [0, 0.1) is 6.92 Å². The van der Waals surface area contributed by atoms with Crippen molar-refractivity contribution in [2.45, 2.75) is 45.7 Å². The van der Waals surface area contributed by atoms with Gasteiger partial charge in [0, 0.05) is 48.5 Å². The van der Waals surface area contributed by atoms with Gasteiger partial charge in [-0.05, 0) is 58.9 Å². The van der Waals surface area contributed by atoms with Gasteiger partial charge in [0.15, 0.2) is 5.03 Å². The molecule has 1 aromatic carbocycles. The van der Waals surface area contributed by atoms with E-state index in [4.69, 9.17) is 0 Å². The van der Waals surface area contributed by atoms with Crippen LogP contribution in [0.15, 0.2) is 47.9 Å². The number of rotatable bonds is 9. The van der Waals surface area contributed by atoms with Crippen molar-refractivity contribution in [2.75, 3.05) is 28.0 Å². The maximum absolute atomic E-state index is 12.6. The van der Waals surface area contributed by atoms with E-state index < -0.39 is 10.0 Å². The quantitative estimate of drug-likeness (QED) is 0.516. The Labute approximate surface area is 183 Å². The lowest BCUT2D eigenvalue weighted by Gasteiger charge is -2.20. The number of hydrogen-bond donors (Lipinski definition) is 2. The normalized spacial score (nSPS) is 11.5. The molecule has 0 radical (unpaired) electrons. The Morgan fingerprint density at radius 2 is 1.71 bits per heavy atom. The summed E-state index contributed by atoms with van der Waals surface area (Å²) < 4.78 is 29.5. The minimum Gasteiger partial charge on any atom is -0.357 e. The molecule has 2 N–H and O–H groups in total. The van der Waals surface area contributed by atoms with Gasteiger partial charge in [-0.1, -0.05) is 0 Å².